The second kappa shape index (κ2) is 11.4. The lowest BCUT2D eigenvalue weighted by Crippen LogP contribution is -2.54. The van der Waals surface area contributed by atoms with Gasteiger partial charge in [0.25, 0.3) is 5.69 Å². The third-order valence-corrected chi connectivity index (χ3v) is 10.9. The summed E-state index contributed by atoms with van der Waals surface area (Å²) >= 11 is 2.28. The Labute approximate surface area is 275 Å². The molecule has 3 heterocycles. The van der Waals surface area contributed by atoms with Crippen molar-refractivity contribution in [1.29, 1.82) is 0 Å². The summed E-state index contributed by atoms with van der Waals surface area (Å²) in [4.78, 5) is 28.3. The molecule has 1 saturated heterocycles. The molecule has 2 aliphatic rings. The van der Waals surface area contributed by atoms with E-state index in [0.29, 0.717) is 6.42 Å². The smallest absolute Gasteiger partial charge is 0.416 e. The van der Waals surface area contributed by atoms with Gasteiger partial charge in [0.05, 0.1) is 10.6 Å². The van der Waals surface area contributed by atoms with Crippen molar-refractivity contribution < 1.29 is 22.9 Å². The number of nitrogens with one attached hydrogen (secondary N) is 1. The fourth-order valence-electron chi connectivity index (χ4n) is 6.77. The topological polar surface area (TPSA) is 127 Å². The molecule has 0 radical (unpaired) electrons. The molecule has 3 aromatic carbocycles. The summed E-state index contributed by atoms with van der Waals surface area (Å²) in [6.45, 7) is 6.36. The van der Waals surface area contributed by atoms with Gasteiger partial charge < -0.3 is 9.30 Å². The first kappa shape index (κ1) is 31.5. The lowest BCUT2D eigenvalue weighted by atomic mass is 9.88. The van der Waals surface area contributed by atoms with Crippen molar-refractivity contribution in [2.24, 2.45) is 0 Å². The van der Waals surface area contributed by atoms with Crippen molar-refractivity contribution in [2.45, 2.75) is 55.8 Å². The Morgan fingerprint density at radius 2 is 1.82 bits per heavy atom. The number of nitrogens with zero attached hydrogens (tertiary/aromatic N) is 4. The molecule has 0 bridgehead atoms. The van der Waals surface area contributed by atoms with Crippen LogP contribution in [-0.4, -0.2) is 60.8 Å². The van der Waals surface area contributed by atoms with E-state index in [4.69, 9.17) is 4.74 Å². The summed E-state index contributed by atoms with van der Waals surface area (Å²) in [5, 5.41) is 12.4. The Morgan fingerprint density at radius 1 is 1.11 bits per heavy atom. The lowest BCUT2D eigenvalue weighted by molar-refractivity contribution is -0.387. The number of carbonyl (C=O) groups is 1. The van der Waals surface area contributed by atoms with E-state index in [-0.39, 0.29) is 17.6 Å². The van der Waals surface area contributed by atoms with Gasteiger partial charge >= 0.3 is 6.09 Å². The number of nitro benzene ring substituents is 1. The normalized spacial score (nSPS) is 19.9. The van der Waals surface area contributed by atoms with Gasteiger partial charge in [-0.05, 0) is 87.0 Å². The van der Waals surface area contributed by atoms with Crippen LogP contribution in [0.3, 0.4) is 0 Å². The molecule has 2 aliphatic heterocycles. The summed E-state index contributed by atoms with van der Waals surface area (Å²) in [5.74, 6) is 0. The third-order valence-electron chi connectivity index (χ3n) is 8.48. The summed E-state index contributed by atoms with van der Waals surface area (Å²) < 4.78 is 37.9. The molecule has 1 fully saturated rings. The molecule has 0 saturated carbocycles. The number of sulfonamides is 1. The fraction of sp³-hybridized carbons (Fsp3) is 0.344. The molecular weight excluding hydrogens is 709 g/mol. The first-order chi connectivity index (χ1) is 21.3. The number of rotatable bonds is 7. The van der Waals surface area contributed by atoms with E-state index in [0.717, 1.165) is 44.3 Å². The van der Waals surface area contributed by atoms with E-state index < -0.39 is 37.9 Å². The predicted molar refractivity (Wildman–Crippen MR) is 180 cm³/mol. The van der Waals surface area contributed by atoms with Crippen LogP contribution in [0, 0.1) is 13.7 Å². The van der Waals surface area contributed by atoms with Crippen LogP contribution in [-0.2, 0) is 26.7 Å². The number of amides is 1. The highest BCUT2D eigenvalue weighted by molar-refractivity contribution is 14.1. The molecule has 1 aromatic heterocycles. The van der Waals surface area contributed by atoms with Gasteiger partial charge in [0.2, 0.25) is 10.0 Å². The van der Waals surface area contributed by atoms with Crippen molar-refractivity contribution >= 4 is 61.0 Å². The van der Waals surface area contributed by atoms with Crippen LogP contribution in [0.4, 0.5) is 16.2 Å². The van der Waals surface area contributed by atoms with Crippen molar-refractivity contribution in [3.8, 4) is 0 Å². The molecule has 0 aliphatic carbocycles. The fourth-order valence-corrected chi connectivity index (χ4v) is 8.73. The minimum absolute atomic E-state index is 0.0389. The molecule has 1 N–H and O–H groups in total. The SMILES string of the molecule is CN1CC[C@]2(n3cc(CCNS(=O)(=O)c4ccccc4[N+](=O)[O-])c4ccccc43)c3cccc(I)c3N(C(=O)OC(C)(C)C)[C@H]12. The quantitative estimate of drug-likeness (QED) is 0.143. The van der Waals surface area contributed by atoms with Crippen LogP contribution in [0.2, 0.25) is 0 Å². The summed E-state index contributed by atoms with van der Waals surface area (Å²) in [5.41, 5.74) is 1.96. The minimum Gasteiger partial charge on any atom is -0.443 e. The maximum absolute atomic E-state index is 13.9. The third kappa shape index (κ3) is 5.28. The molecule has 1 amide bonds. The molecule has 4 aromatic rings. The highest BCUT2D eigenvalue weighted by Crippen LogP contribution is 2.55. The van der Waals surface area contributed by atoms with E-state index in [1.165, 1.54) is 24.3 Å². The van der Waals surface area contributed by atoms with Gasteiger partial charge in [-0.2, -0.15) is 0 Å². The van der Waals surface area contributed by atoms with Crippen LogP contribution in [0.5, 0.6) is 0 Å². The van der Waals surface area contributed by atoms with Crippen LogP contribution in [0.25, 0.3) is 10.9 Å². The van der Waals surface area contributed by atoms with Crippen LogP contribution < -0.4 is 9.62 Å². The number of fused-ring (bicyclic) bond motifs is 4. The van der Waals surface area contributed by atoms with E-state index in [1.807, 2.05) is 64.2 Å². The number of likely N-dealkylation sites (N-methyl/N-ethyl adjacent to an activating group) is 1. The number of para-hydroxylation sites is 3. The zero-order chi connectivity index (χ0) is 32.3. The van der Waals surface area contributed by atoms with E-state index in [9.17, 15) is 23.3 Å². The molecule has 13 heteroatoms. The Kier molecular flexibility index (Phi) is 7.95. The highest BCUT2D eigenvalue weighted by Gasteiger charge is 2.60. The largest absolute Gasteiger partial charge is 0.443 e. The zero-order valence-electron chi connectivity index (χ0n) is 25.4. The predicted octanol–water partition coefficient (Wildman–Crippen LogP) is 5.84. The van der Waals surface area contributed by atoms with Gasteiger partial charge in [-0.25, -0.2) is 17.9 Å². The molecule has 45 heavy (non-hydrogen) atoms. The van der Waals surface area contributed by atoms with E-state index in [1.54, 1.807) is 4.90 Å². The number of ether oxygens (including phenoxy) is 1. The standard InChI is InChI=1S/C32H34IN5O6S/c1-31(2,3)44-30(39)37-28-23(11-9-12-24(28)33)32(17-19-35(4)29(32)37)36-20-21(22-10-5-6-13-25(22)36)16-18-34-45(42,43)27-15-8-7-14-26(27)38(40)41/h5-15,20,29,34H,16-19H2,1-4H3/t29-,32-/m0/s1. The first-order valence-corrected chi connectivity index (χ1v) is 17.2. The zero-order valence-corrected chi connectivity index (χ0v) is 28.3. The number of carbonyl (C=O) groups excluding carboxylic acids is 1. The van der Waals surface area contributed by atoms with Crippen LogP contribution in [0.15, 0.2) is 77.8 Å². The Morgan fingerprint density at radius 3 is 2.56 bits per heavy atom. The summed E-state index contributed by atoms with van der Waals surface area (Å²) in [6.07, 6.45) is 2.38. The average Bonchev–Trinajstić information content (AvgIpc) is 3.61. The average molecular weight is 744 g/mol. The van der Waals surface area contributed by atoms with Gasteiger partial charge in [-0.15, -0.1) is 0 Å². The second-order valence-electron chi connectivity index (χ2n) is 12.4. The highest BCUT2D eigenvalue weighted by atomic mass is 127. The number of hydrogen-bond donors (Lipinski definition) is 1. The van der Waals surface area contributed by atoms with Gasteiger partial charge in [0, 0.05) is 45.4 Å². The first-order valence-electron chi connectivity index (χ1n) is 14.6. The Bertz CT molecular complexity index is 1940. The Balaban J connectivity index is 1.41. The van der Waals surface area contributed by atoms with E-state index >= 15 is 0 Å². The molecule has 2 atom stereocenters. The van der Waals surface area contributed by atoms with Crippen molar-refractivity contribution in [2.75, 3.05) is 25.0 Å². The molecule has 0 unspecified atom stereocenters. The maximum atomic E-state index is 13.9. The number of halogens is 1. The van der Waals surface area contributed by atoms with Crippen LogP contribution in [0.1, 0.15) is 38.3 Å². The van der Waals surface area contributed by atoms with Gasteiger partial charge in [-0.3, -0.25) is 19.9 Å². The number of nitro groups is 1. The number of aromatic nitrogens is 1. The van der Waals surface area contributed by atoms with Gasteiger partial charge in [0.1, 0.15) is 17.3 Å². The van der Waals surface area contributed by atoms with Gasteiger partial charge in [0.15, 0.2) is 4.90 Å². The minimum atomic E-state index is -4.13. The lowest BCUT2D eigenvalue weighted by Gasteiger charge is -2.38. The maximum Gasteiger partial charge on any atom is 0.416 e. The van der Waals surface area contributed by atoms with E-state index in [2.05, 4.69) is 49.0 Å². The molecular formula is C32H34IN5O6S. The molecule has 236 valence electrons. The number of hydrogen-bond acceptors (Lipinski definition) is 7. The molecule has 6 rings (SSSR count). The monoisotopic (exact) mass is 743 g/mol. The van der Waals surface area contributed by atoms with Crippen molar-refractivity contribution in [1.82, 2.24) is 14.2 Å². The Hall–Kier alpha value is -3.53. The number of anilines is 1. The van der Waals surface area contributed by atoms with Crippen molar-refractivity contribution in [3.63, 3.8) is 0 Å². The number of likely N-dealkylation sites (tertiary alicyclic amines) is 1. The molecule has 11 nitrogen and oxygen atoms in total. The van der Waals surface area contributed by atoms with Crippen LogP contribution >= 0.6 is 22.6 Å². The van der Waals surface area contributed by atoms with Gasteiger partial charge in [-0.1, -0.05) is 42.5 Å². The second-order valence-corrected chi connectivity index (χ2v) is 15.3. The van der Waals surface area contributed by atoms with Crippen molar-refractivity contribution in [3.05, 3.63) is 97.7 Å². The summed E-state index contributed by atoms with van der Waals surface area (Å²) in [7, 11) is -2.11. The number of benzene rings is 3. The summed E-state index contributed by atoms with van der Waals surface area (Å²) in [6, 6.07) is 19.4. The molecule has 0 spiro atoms.